The zero-order valence-electron chi connectivity index (χ0n) is 11.3. The Morgan fingerprint density at radius 3 is 2.56 bits per heavy atom. The normalized spacial score (nSPS) is 16.9. The standard InChI is InChI=1S/C15H23N2O/c1-3-4-9-16-10-12-17(13-11-16)14-7-5-6-8-15(14)18-2/h5-8H,1,3-4,9-13H2,2H3. The quantitative estimate of drug-likeness (QED) is 0.795. The molecule has 18 heavy (non-hydrogen) atoms. The van der Waals surface area contributed by atoms with Gasteiger partial charge in [-0.05, 0) is 25.1 Å². The zero-order chi connectivity index (χ0) is 12.8. The highest BCUT2D eigenvalue weighted by molar-refractivity contribution is 5.58. The Morgan fingerprint density at radius 1 is 1.17 bits per heavy atom. The summed E-state index contributed by atoms with van der Waals surface area (Å²) < 4.78 is 5.43. The van der Waals surface area contributed by atoms with Crippen molar-refractivity contribution >= 4 is 5.69 Å². The van der Waals surface area contributed by atoms with Gasteiger partial charge in [0.1, 0.15) is 5.75 Å². The van der Waals surface area contributed by atoms with Crippen LogP contribution >= 0.6 is 0 Å². The third-order valence-electron chi connectivity index (χ3n) is 3.52. The first kappa shape index (κ1) is 13.2. The molecule has 2 rings (SSSR count). The van der Waals surface area contributed by atoms with E-state index in [1.807, 2.05) is 12.1 Å². The first-order chi connectivity index (χ1) is 8.85. The summed E-state index contributed by atoms with van der Waals surface area (Å²) in [5, 5.41) is 0. The molecule has 0 bridgehead atoms. The van der Waals surface area contributed by atoms with E-state index in [1.165, 1.54) is 18.7 Å². The number of methoxy groups -OCH3 is 1. The minimum atomic E-state index is 0.976. The van der Waals surface area contributed by atoms with Gasteiger partial charge in [-0.1, -0.05) is 25.5 Å². The summed E-state index contributed by atoms with van der Waals surface area (Å²) in [4.78, 5) is 4.94. The van der Waals surface area contributed by atoms with Crippen molar-refractivity contribution in [3.63, 3.8) is 0 Å². The average molecular weight is 247 g/mol. The Kier molecular flexibility index (Phi) is 4.88. The van der Waals surface area contributed by atoms with Crippen molar-refractivity contribution in [1.29, 1.82) is 0 Å². The summed E-state index contributed by atoms with van der Waals surface area (Å²) in [7, 11) is 1.74. The second-order valence-electron chi connectivity index (χ2n) is 4.71. The van der Waals surface area contributed by atoms with E-state index in [4.69, 9.17) is 4.74 Å². The lowest BCUT2D eigenvalue weighted by Crippen LogP contribution is -2.46. The molecule has 1 saturated heterocycles. The van der Waals surface area contributed by atoms with E-state index >= 15 is 0 Å². The van der Waals surface area contributed by atoms with Gasteiger partial charge in [-0.3, -0.25) is 4.90 Å². The Hall–Kier alpha value is -1.22. The van der Waals surface area contributed by atoms with E-state index in [-0.39, 0.29) is 0 Å². The average Bonchev–Trinajstić information content (AvgIpc) is 2.45. The topological polar surface area (TPSA) is 15.7 Å². The highest BCUT2D eigenvalue weighted by atomic mass is 16.5. The van der Waals surface area contributed by atoms with Crippen molar-refractivity contribution in [2.75, 3.05) is 44.7 Å². The Balaban J connectivity index is 1.92. The fourth-order valence-electron chi connectivity index (χ4n) is 2.44. The number of nitrogens with zero attached hydrogens (tertiary/aromatic N) is 2. The molecule has 99 valence electrons. The van der Waals surface area contributed by atoms with Crippen LogP contribution in [-0.2, 0) is 0 Å². The first-order valence-electron chi connectivity index (χ1n) is 6.74. The van der Waals surface area contributed by atoms with Crippen LogP contribution in [0.25, 0.3) is 0 Å². The van der Waals surface area contributed by atoms with Crippen molar-refractivity contribution in [2.45, 2.75) is 12.8 Å². The fourth-order valence-corrected chi connectivity index (χ4v) is 2.44. The molecule has 3 heteroatoms. The van der Waals surface area contributed by atoms with Crippen LogP contribution < -0.4 is 9.64 Å². The number of rotatable bonds is 5. The molecule has 0 saturated carbocycles. The van der Waals surface area contributed by atoms with Gasteiger partial charge in [0.2, 0.25) is 0 Å². The van der Waals surface area contributed by atoms with Crippen LogP contribution in [0.15, 0.2) is 24.3 Å². The van der Waals surface area contributed by atoms with E-state index in [2.05, 4.69) is 28.9 Å². The molecule has 0 N–H and O–H groups in total. The molecule has 0 amide bonds. The SMILES string of the molecule is [CH2]CCCN1CCN(c2ccccc2OC)CC1. The summed E-state index contributed by atoms with van der Waals surface area (Å²) >= 11 is 0. The van der Waals surface area contributed by atoms with Crippen molar-refractivity contribution in [3.8, 4) is 5.75 Å². The van der Waals surface area contributed by atoms with Crippen molar-refractivity contribution in [1.82, 2.24) is 4.90 Å². The highest BCUT2D eigenvalue weighted by Gasteiger charge is 2.18. The van der Waals surface area contributed by atoms with Crippen molar-refractivity contribution < 1.29 is 4.74 Å². The van der Waals surface area contributed by atoms with E-state index in [1.54, 1.807) is 7.11 Å². The number of piperazine rings is 1. The van der Waals surface area contributed by atoms with Gasteiger partial charge in [0.15, 0.2) is 0 Å². The maximum absolute atomic E-state index is 5.43. The Bertz CT molecular complexity index is 359. The zero-order valence-corrected chi connectivity index (χ0v) is 11.3. The van der Waals surface area contributed by atoms with Gasteiger partial charge in [0.25, 0.3) is 0 Å². The number of para-hydroxylation sites is 2. The van der Waals surface area contributed by atoms with Gasteiger partial charge < -0.3 is 9.64 Å². The lowest BCUT2D eigenvalue weighted by Gasteiger charge is -2.36. The lowest BCUT2D eigenvalue weighted by atomic mass is 10.2. The smallest absolute Gasteiger partial charge is 0.142 e. The van der Waals surface area contributed by atoms with Crippen LogP contribution in [0.2, 0.25) is 0 Å². The van der Waals surface area contributed by atoms with Crippen LogP contribution in [0.5, 0.6) is 5.75 Å². The van der Waals surface area contributed by atoms with E-state index in [0.717, 1.165) is 38.3 Å². The molecule has 1 fully saturated rings. The molecule has 1 aliphatic heterocycles. The van der Waals surface area contributed by atoms with Gasteiger partial charge >= 0.3 is 0 Å². The summed E-state index contributed by atoms with van der Waals surface area (Å²) in [5.74, 6) is 0.976. The summed E-state index contributed by atoms with van der Waals surface area (Å²) in [5.41, 5.74) is 1.22. The number of hydrogen-bond acceptors (Lipinski definition) is 3. The molecular formula is C15H23N2O. The number of anilines is 1. The van der Waals surface area contributed by atoms with Gasteiger partial charge in [-0.15, -0.1) is 0 Å². The van der Waals surface area contributed by atoms with Gasteiger partial charge in [0, 0.05) is 26.2 Å². The Labute approximate surface area is 110 Å². The second kappa shape index (κ2) is 6.64. The minimum Gasteiger partial charge on any atom is -0.495 e. The highest BCUT2D eigenvalue weighted by Crippen LogP contribution is 2.28. The fraction of sp³-hybridized carbons (Fsp3) is 0.533. The van der Waals surface area contributed by atoms with E-state index < -0.39 is 0 Å². The molecule has 0 unspecified atom stereocenters. The summed E-state index contributed by atoms with van der Waals surface area (Å²) in [6.07, 6.45) is 2.24. The van der Waals surface area contributed by atoms with Crippen LogP contribution in [-0.4, -0.2) is 44.7 Å². The van der Waals surface area contributed by atoms with Crippen LogP contribution in [0, 0.1) is 6.92 Å². The molecule has 1 aliphatic rings. The van der Waals surface area contributed by atoms with Crippen molar-refractivity contribution in [2.24, 2.45) is 0 Å². The van der Waals surface area contributed by atoms with Crippen LogP contribution in [0.3, 0.4) is 0 Å². The second-order valence-corrected chi connectivity index (χ2v) is 4.71. The molecule has 1 aromatic carbocycles. The largest absolute Gasteiger partial charge is 0.495 e. The predicted octanol–water partition coefficient (Wildman–Crippen LogP) is 2.43. The van der Waals surface area contributed by atoms with Gasteiger partial charge in [0.05, 0.1) is 12.8 Å². The molecule has 3 nitrogen and oxygen atoms in total. The Morgan fingerprint density at radius 2 is 1.89 bits per heavy atom. The van der Waals surface area contributed by atoms with Crippen LogP contribution in [0.4, 0.5) is 5.69 Å². The monoisotopic (exact) mass is 247 g/mol. The predicted molar refractivity (Wildman–Crippen MR) is 76.2 cm³/mol. The van der Waals surface area contributed by atoms with Crippen molar-refractivity contribution in [3.05, 3.63) is 31.2 Å². The first-order valence-corrected chi connectivity index (χ1v) is 6.74. The molecule has 0 spiro atoms. The van der Waals surface area contributed by atoms with E-state index in [0.29, 0.717) is 0 Å². The third kappa shape index (κ3) is 3.16. The number of benzene rings is 1. The number of hydrogen-bond donors (Lipinski definition) is 0. The number of unbranched alkanes of at least 4 members (excludes halogenated alkanes) is 1. The van der Waals surface area contributed by atoms with Gasteiger partial charge in [-0.25, -0.2) is 0 Å². The number of ether oxygens (including phenoxy) is 1. The van der Waals surface area contributed by atoms with Crippen LogP contribution in [0.1, 0.15) is 12.8 Å². The summed E-state index contributed by atoms with van der Waals surface area (Å²) in [6, 6.07) is 8.27. The van der Waals surface area contributed by atoms with E-state index in [9.17, 15) is 0 Å². The molecular weight excluding hydrogens is 224 g/mol. The van der Waals surface area contributed by atoms with Gasteiger partial charge in [-0.2, -0.15) is 0 Å². The molecule has 1 radical (unpaired) electrons. The molecule has 0 aromatic heterocycles. The maximum atomic E-state index is 5.43. The lowest BCUT2D eigenvalue weighted by molar-refractivity contribution is 0.255. The minimum absolute atomic E-state index is 0.976. The molecule has 0 atom stereocenters. The molecule has 1 aromatic rings. The molecule has 0 aliphatic carbocycles. The molecule has 1 heterocycles. The third-order valence-corrected chi connectivity index (χ3v) is 3.52. The maximum Gasteiger partial charge on any atom is 0.142 e. The summed E-state index contributed by atoms with van der Waals surface area (Å²) in [6.45, 7) is 9.52.